The molecule has 1 fully saturated rings. The van der Waals surface area contributed by atoms with Crippen LogP contribution in [0.25, 0.3) is 0 Å². The lowest BCUT2D eigenvalue weighted by Crippen LogP contribution is -2.38. The van der Waals surface area contributed by atoms with Crippen LogP contribution in [0.1, 0.15) is 24.2 Å². The Morgan fingerprint density at radius 3 is 3.17 bits per heavy atom. The number of aryl methyl sites for hydroxylation is 1. The molecule has 2 heterocycles. The van der Waals surface area contributed by atoms with Gasteiger partial charge in [0.2, 0.25) is 5.91 Å². The highest BCUT2D eigenvalue weighted by Crippen LogP contribution is 2.23. The van der Waals surface area contributed by atoms with E-state index in [1.54, 1.807) is 6.33 Å². The van der Waals surface area contributed by atoms with Crippen LogP contribution in [-0.2, 0) is 17.6 Å². The maximum absolute atomic E-state index is 12.4. The van der Waals surface area contributed by atoms with Crippen molar-refractivity contribution in [3.05, 3.63) is 17.7 Å². The number of nitrogens with one attached hydrogen (secondary N) is 2. The molecule has 3 rings (SSSR count). The monoisotopic (exact) mass is 319 g/mol. The van der Waals surface area contributed by atoms with Crippen LogP contribution in [0.4, 0.5) is 0 Å². The molecule has 1 aromatic rings. The summed E-state index contributed by atoms with van der Waals surface area (Å²) in [5.74, 6) is 0.929. The molecule has 1 amide bonds. The van der Waals surface area contributed by atoms with Gasteiger partial charge in [0.25, 0.3) is 0 Å². The average Bonchev–Trinajstić information content (AvgIpc) is 3.18. The maximum atomic E-state index is 12.4. The lowest BCUT2D eigenvalue weighted by molar-refractivity contribution is -0.125. The summed E-state index contributed by atoms with van der Waals surface area (Å²) in [6.07, 6.45) is 5.58. The number of likely N-dealkylation sites (N-methyl/N-ethyl adjacent to an activating group) is 1. The summed E-state index contributed by atoms with van der Waals surface area (Å²) >= 11 is 0. The summed E-state index contributed by atoms with van der Waals surface area (Å²) in [4.78, 5) is 24.6. The van der Waals surface area contributed by atoms with Crippen LogP contribution >= 0.6 is 0 Å². The number of hydrogen-bond acceptors (Lipinski definition) is 4. The molecule has 0 radical (unpaired) electrons. The highest BCUT2D eigenvalue weighted by molar-refractivity contribution is 5.79. The molecular weight excluding hydrogens is 290 g/mol. The Bertz CT molecular complexity index is 527. The lowest BCUT2D eigenvalue weighted by atomic mass is 9.89. The lowest BCUT2D eigenvalue weighted by Gasteiger charge is -2.22. The van der Waals surface area contributed by atoms with Crippen LogP contribution in [0.15, 0.2) is 6.33 Å². The normalized spacial score (nSPS) is 24.8. The van der Waals surface area contributed by atoms with Crippen molar-refractivity contribution in [2.75, 3.05) is 46.8 Å². The van der Waals surface area contributed by atoms with Crippen molar-refractivity contribution in [2.45, 2.75) is 25.7 Å². The third kappa shape index (κ3) is 4.32. The largest absolute Gasteiger partial charge is 0.356 e. The summed E-state index contributed by atoms with van der Waals surface area (Å²) in [6, 6.07) is 0. The van der Waals surface area contributed by atoms with E-state index in [-0.39, 0.29) is 11.8 Å². The zero-order chi connectivity index (χ0) is 16.2. The quantitative estimate of drug-likeness (QED) is 0.802. The third-order valence-corrected chi connectivity index (χ3v) is 5.16. The molecule has 2 unspecified atom stereocenters. The van der Waals surface area contributed by atoms with E-state index < -0.39 is 0 Å². The Labute approximate surface area is 138 Å². The van der Waals surface area contributed by atoms with Crippen LogP contribution < -0.4 is 5.32 Å². The van der Waals surface area contributed by atoms with Crippen LogP contribution in [-0.4, -0.2) is 72.5 Å². The number of rotatable bonds is 6. The molecule has 1 saturated heterocycles. The molecular formula is C17H29N5O. The molecule has 23 heavy (non-hydrogen) atoms. The molecule has 2 aliphatic rings. The third-order valence-electron chi connectivity index (χ3n) is 5.16. The van der Waals surface area contributed by atoms with E-state index in [1.807, 2.05) is 0 Å². The van der Waals surface area contributed by atoms with E-state index in [0.717, 1.165) is 63.4 Å². The second-order valence-electron chi connectivity index (χ2n) is 7.27. The van der Waals surface area contributed by atoms with Gasteiger partial charge in [-0.25, -0.2) is 4.98 Å². The maximum Gasteiger partial charge on any atom is 0.223 e. The van der Waals surface area contributed by atoms with Crippen molar-refractivity contribution < 1.29 is 4.79 Å². The predicted molar refractivity (Wildman–Crippen MR) is 90.2 cm³/mol. The number of H-pyrrole nitrogens is 1. The van der Waals surface area contributed by atoms with Crippen molar-refractivity contribution >= 4 is 5.91 Å². The molecule has 2 N–H and O–H groups in total. The van der Waals surface area contributed by atoms with E-state index in [4.69, 9.17) is 0 Å². The van der Waals surface area contributed by atoms with Crippen LogP contribution in [0.2, 0.25) is 0 Å². The number of fused-ring (bicyclic) bond motifs is 1. The Morgan fingerprint density at radius 2 is 2.35 bits per heavy atom. The standard InChI is InChI=1S/C17H29N5O/c1-21(2)7-8-22-6-5-13(11-22)10-18-17(23)14-3-4-15-16(9-14)20-12-19-15/h12-14H,3-11H2,1-2H3,(H,18,23)(H,19,20). The topological polar surface area (TPSA) is 64.3 Å². The number of nitrogens with zero attached hydrogens (tertiary/aromatic N) is 3. The van der Waals surface area contributed by atoms with E-state index >= 15 is 0 Å². The first-order valence-corrected chi connectivity index (χ1v) is 8.77. The summed E-state index contributed by atoms with van der Waals surface area (Å²) in [7, 11) is 4.23. The van der Waals surface area contributed by atoms with Gasteiger partial charge in [0.05, 0.1) is 12.0 Å². The highest BCUT2D eigenvalue weighted by Gasteiger charge is 2.28. The number of imidazole rings is 1. The molecule has 0 bridgehead atoms. The predicted octanol–water partition coefficient (Wildman–Crippen LogP) is 0.514. The van der Waals surface area contributed by atoms with Gasteiger partial charge < -0.3 is 20.1 Å². The van der Waals surface area contributed by atoms with Crippen molar-refractivity contribution in [1.29, 1.82) is 0 Å². The van der Waals surface area contributed by atoms with E-state index in [1.165, 1.54) is 6.42 Å². The number of aromatic amines is 1. The fourth-order valence-electron chi connectivity index (χ4n) is 3.64. The summed E-state index contributed by atoms with van der Waals surface area (Å²) < 4.78 is 0. The fraction of sp³-hybridized carbons (Fsp3) is 0.765. The van der Waals surface area contributed by atoms with Gasteiger partial charge in [-0.15, -0.1) is 0 Å². The Morgan fingerprint density at radius 1 is 1.48 bits per heavy atom. The van der Waals surface area contributed by atoms with Crippen molar-refractivity contribution in [2.24, 2.45) is 11.8 Å². The number of carbonyl (C=O) groups is 1. The van der Waals surface area contributed by atoms with Gasteiger partial charge >= 0.3 is 0 Å². The smallest absolute Gasteiger partial charge is 0.223 e. The molecule has 6 heteroatoms. The molecule has 6 nitrogen and oxygen atoms in total. The molecule has 0 aromatic carbocycles. The number of hydrogen-bond donors (Lipinski definition) is 2. The molecule has 0 saturated carbocycles. The fourth-order valence-corrected chi connectivity index (χ4v) is 3.64. The summed E-state index contributed by atoms with van der Waals surface area (Å²) in [5, 5.41) is 3.19. The van der Waals surface area contributed by atoms with Gasteiger partial charge in [-0.3, -0.25) is 4.79 Å². The SMILES string of the molecule is CN(C)CCN1CCC(CNC(=O)C2CCc3nc[nH]c3C2)C1. The highest BCUT2D eigenvalue weighted by atomic mass is 16.1. The van der Waals surface area contributed by atoms with Crippen LogP contribution in [0, 0.1) is 11.8 Å². The molecule has 1 aliphatic heterocycles. The Kier molecular flexibility index (Phi) is 5.33. The van der Waals surface area contributed by atoms with Gasteiger partial charge in [-0.05, 0) is 45.8 Å². The van der Waals surface area contributed by atoms with Gasteiger partial charge in [0.1, 0.15) is 0 Å². The summed E-state index contributed by atoms with van der Waals surface area (Å²) in [5.41, 5.74) is 2.29. The minimum atomic E-state index is 0.106. The zero-order valence-corrected chi connectivity index (χ0v) is 14.3. The van der Waals surface area contributed by atoms with E-state index in [9.17, 15) is 4.79 Å². The first-order valence-electron chi connectivity index (χ1n) is 8.77. The summed E-state index contributed by atoms with van der Waals surface area (Å²) in [6.45, 7) is 5.33. The second kappa shape index (κ2) is 7.45. The second-order valence-corrected chi connectivity index (χ2v) is 7.27. The molecule has 128 valence electrons. The number of amides is 1. The van der Waals surface area contributed by atoms with Gasteiger partial charge in [-0.1, -0.05) is 0 Å². The molecule has 0 spiro atoms. The minimum absolute atomic E-state index is 0.106. The van der Waals surface area contributed by atoms with Crippen molar-refractivity contribution in [1.82, 2.24) is 25.1 Å². The first kappa shape index (κ1) is 16.5. The first-order chi connectivity index (χ1) is 11.1. The number of carbonyl (C=O) groups excluding carboxylic acids is 1. The Balaban J connectivity index is 1.38. The van der Waals surface area contributed by atoms with Crippen LogP contribution in [0.5, 0.6) is 0 Å². The number of likely N-dealkylation sites (tertiary alicyclic amines) is 1. The molecule has 2 atom stereocenters. The number of aromatic nitrogens is 2. The average molecular weight is 319 g/mol. The van der Waals surface area contributed by atoms with Gasteiger partial charge in [-0.2, -0.15) is 0 Å². The van der Waals surface area contributed by atoms with Crippen molar-refractivity contribution in [3.8, 4) is 0 Å². The van der Waals surface area contributed by atoms with E-state index in [2.05, 4.69) is 39.2 Å². The van der Waals surface area contributed by atoms with Crippen molar-refractivity contribution in [3.63, 3.8) is 0 Å². The molecule has 1 aromatic heterocycles. The Hall–Kier alpha value is -1.40. The van der Waals surface area contributed by atoms with E-state index in [0.29, 0.717) is 5.92 Å². The zero-order valence-electron chi connectivity index (χ0n) is 14.3. The van der Waals surface area contributed by atoms with Crippen LogP contribution in [0.3, 0.4) is 0 Å². The van der Waals surface area contributed by atoms with Gasteiger partial charge in [0.15, 0.2) is 0 Å². The minimum Gasteiger partial charge on any atom is -0.356 e. The molecule has 1 aliphatic carbocycles. The van der Waals surface area contributed by atoms with Gasteiger partial charge in [0, 0.05) is 44.2 Å².